The van der Waals surface area contributed by atoms with Crippen molar-refractivity contribution in [3.8, 4) is 5.75 Å². The van der Waals surface area contributed by atoms with Gasteiger partial charge < -0.3 is 15.4 Å². The highest BCUT2D eigenvalue weighted by Crippen LogP contribution is 2.22. The van der Waals surface area contributed by atoms with E-state index in [0.29, 0.717) is 22.7 Å². The third-order valence-corrected chi connectivity index (χ3v) is 2.84. The van der Waals surface area contributed by atoms with Crippen LogP contribution in [0.4, 0.5) is 11.4 Å². The molecule has 2 aromatic rings. The lowest BCUT2D eigenvalue weighted by molar-refractivity contribution is -0.114. The number of anilines is 2. The van der Waals surface area contributed by atoms with E-state index in [4.69, 9.17) is 4.74 Å². The van der Waals surface area contributed by atoms with Crippen LogP contribution in [0.5, 0.6) is 5.75 Å². The number of ether oxygens (including phenoxy) is 1. The minimum atomic E-state index is -0.254. The first-order valence-corrected chi connectivity index (χ1v) is 6.42. The molecular weight excluding hydrogens is 268 g/mol. The van der Waals surface area contributed by atoms with Crippen molar-refractivity contribution in [2.45, 2.75) is 6.92 Å². The molecule has 2 amide bonds. The average molecular weight is 284 g/mol. The molecule has 0 radical (unpaired) electrons. The van der Waals surface area contributed by atoms with Crippen molar-refractivity contribution in [3.05, 3.63) is 54.1 Å². The summed E-state index contributed by atoms with van der Waals surface area (Å²) in [6.07, 6.45) is 0. The van der Waals surface area contributed by atoms with Crippen LogP contribution in [0, 0.1) is 0 Å². The van der Waals surface area contributed by atoms with E-state index in [2.05, 4.69) is 10.6 Å². The summed E-state index contributed by atoms with van der Waals surface area (Å²) in [5.41, 5.74) is 1.62. The fourth-order valence-electron chi connectivity index (χ4n) is 1.83. The standard InChI is InChI=1S/C16H16N2O3/c1-11(19)17-14-5-3-4-6-15(14)18-16(20)12-7-9-13(21-2)10-8-12/h3-10H,1-2H3,(H,17,19)(H,18,20). The number of rotatable bonds is 4. The van der Waals surface area contributed by atoms with Crippen LogP contribution in [0.2, 0.25) is 0 Å². The number of carbonyl (C=O) groups excluding carboxylic acids is 2. The summed E-state index contributed by atoms with van der Waals surface area (Å²) in [7, 11) is 1.57. The maximum atomic E-state index is 12.2. The van der Waals surface area contributed by atoms with E-state index in [0.717, 1.165) is 0 Å². The highest BCUT2D eigenvalue weighted by atomic mass is 16.5. The van der Waals surface area contributed by atoms with Gasteiger partial charge in [-0.3, -0.25) is 9.59 Å². The van der Waals surface area contributed by atoms with E-state index in [1.54, 1.807) is 55.6 Å². The third-order valence-electron chi connectivity index (χ3n) is 2.84. The molecule has 5 nitrogen and oxygen atoms in total. The smallest absolute Gasteiger partial charge is 0.255 e. The van der Waals surface area contributed by atoms with Crippen molar-refractivity contribution in [2.24, 2.45) is 0 Å². The minimum absolute atomic E-state index is 0.193. The summed E-state index contributed by atoms with van der Waals surface area (Å²) < 4.78 is 5.05. The number of hydrogen-bond donors (Lipinski definition) is 2. The molecule has 0 aromatic heterocycles. The Bertz CT molecular complexity index is 651. The summed E-state index contributed by atoms with van der Waals surface area (Å²) in [6, 6.07) is 13.8. The van der Waals surface area contributed by atoms with Crippen LogP contribution in [0.15, 0.2) is 48.5 Å². The number of nitrogens with one attached hydrogen (secondary N) is 2. The Morgan fingerprint density at radius 1 is 0.905 bits per heavy atom. The van der Waals surface area contributed by atoms with Crippen LogP contribution in [0.1, 0.15) is 17.3 Å². The molecule has 0 aliphatic carbocycles. The van der Waals surface area contributed by atoms with Crippen molar-refractivity contribution in [1.29, 1.82) is 0 Å². The maximum Gasteiger partial charge on any atom is 0.255 e. The Kier molecular flexibility index (Phi) is 4.56. The van der Waals surface area contributed by atoms with Gasteiger partial charge in [-0.25, -0.2) is 0 Å². The largest absolute Gasteiger partial charge is 0.497 e. The highest BCUT2D eigenvalue weighted by Gasteiger charge is 2.09. The van der Waals surface area contributed by atoms with Gasteiger partial charge in [-0.2, -0.15) is 0 Å². The van der Waals surface area contributed by atoms with Gasteiger partial charge in [0.2, 0.25) is 5.91 Å². The molecule has 0 heterocycles. The second-order valence-corrected chi connectivity index (χ2v) is 4.41. The van der Waals surface area contributed by atoms with Crippen LogP contribution >= 0.6 is 0 Å². The van der Waals surface area contributed by atoms with Crippen molar-refractivity contribution < 1.29 is 14.3 Å². The molecule has 0 saturated heterocycles. The molecule has 5 heteroatoms. The van der Waals surface area contributed by atoms with Crippen LogP contribution in [0.3, 0.4) is 0 Å². The molecule has 0 bridgehead atoms. The van der Waals surface area contributed by atoms with Gasteiger partial charge in [0.15, 0.2) is 0 Å². The van der Waals surface area contributed by atoms with Crippen LogP contribution < -0.4 is 15.4 Å². The van der Waals surface area contributed by atoms with Crippen molar-refractivity contribution in [2.75, 3.05) is 17.7 Å². The van der Waals surface area contributed by atoms with E-state index in [9.17, 15) is 9.59 Å². The Balaban J connectivity index is 2.17. The Morgan fingerprint density at radius 2 is 1.48 bits per heavy atom. The first-order valence-electron chi connectivity index (χ1n) is 6.42. The first kappa shape index (κ1) is 14.6. The normalized spacial score (nSPS) is 9.81. The van der Waals surface area contributed by atoms with Gasteiger partial charge in [-0.05, 0) is 36.4 Å². The fraction of sp³-hybridized carbons (Fsp3) is 0.125. The molecule has 0 saturated carbocycles. The van der Waals surface area contributed by atoms with Crippen molar-refractivity contribution in [1.82, 2.24) is 0 Å². The molecular formula is C16H16N2O3. The fourth-order valence-corrected chi connectivity index (χ4v) is 1.83. The van der Waals surface area contributed by atoms with Gasteiger partial charge in [-0.1, -0.05) is 12.1 Å². The quantitative estimate of drug-likeness (QED) is 0.907. The molecule has 0 unspecified atom stereocenters. The maximum absolute atomic E-state index is 12.2. The Morgan fingerprint density at radius 3 is 2.00 bits per heavy atom. The molecule has 0 atom stereocenters. The zero-order valence-corrected chi connectivity index (χ0v) is 11.8. The van der Waals surface area contributed by atoms with Gasteiger partial charge in [0.05, 0.1) is 18.5 Å². The first-order chi connectivity index (χ1) is 10.1. The molecule has 0 spiro atoms. The highest BCUT2D eigenvalue weighted by molar-refractivity contribution is 6.07. The van der Waals surface area contributed by atoms with E-state index in [1.165, 1.54) is 6.92 Å². The summed E-state index contributed by atoms with van der Waals surface area (Å²) in [5, 5.41) is 5.45. The molecule has 0 aliphatic heterocycles. The molecule has 2 aromatic carbocycles. The monoisotopic (exact) mass is 284 g/mol. The van der Waals surface area contributed by atoms with Gasteiger partial charge in [0.1, 0.15) is 5.75 Å². The van der Waals surface area contributed by atoms with Crippen molar-refractivity contribution in [3.63, 3.8) is 0 Å². The summed E-state index contributed by atoms with van der Waals surface area (Å²) in [4.78, 5) is 23.3. The lowest BCUT2D eigenvalue weighted by Gasteiger charge is -2.11. The molecule has 0 fully saturated rings. The Labute approximate surface area is 122 Å². The summed E-state index contributed by atoms with van der Waals surface area (Å²) in [5.74, 6) is 0.238. The number of methoxy groups -OCH3 is 1. The lowest BCUT2D eigenvalue weighted by atomic mass is 10.2. The van der Waals surface area contributed by atoms with Gasteiger partial charge in [-0.15, -0.1) is 0 Å². The molecule has 0 aliphatic rings. The van der Waals surface area contributed by atoms with Gasteiger partial charge in [0.25, 0.3) is 5.91 Å². The van der Waals surface area contributed by atoms with E-state index >= 15 is 0 Å². The lowest BCUT2D eigenvalue weighted by Crippen LogP contribution is -2.15. The predicted octanol–water partition coefficient (Wildman–Crippen LogP) is 2.91. The van der Waals surface area contributed by atoms with Crippen LogP contribution in [0.25, 0.3) is 0 Å². The average Bonchev–Trinajstić information content (AvgIpc) is 2.49. The van der Waals surface area contributed by atoms with E-state index in [-0.39, 0.29) is 11.8 Å². The van der Waals surface area contributed by atoms with E-state index in [1.807, 2.05) is 0 Å². The zero-order valence-electron chi connectivity index (χ0n) is 11.8. The number of hydrogen-bond acceptors (Lipinski definition) is 3. The van der Waals surface area contributed by atoms with Crippen LogP contribution in [-0.4, -0.2) is 18.9 Å². The van der Waals surface area contributed by atoms with Gasteiger partial charge in [0, 0.05) is 12.5 Å². The van der Waals surface area contributed by atoms with Crippen molar-refractivity contribution >= 4 is 23.2 Å². The number of benzene rings is 2. The van der Waals surface area contributed by atoms with Gasteiger partial charge >= 0.3 is 0 Å². The topological polar surface area (TPSA) is 67.4 Å². The predicted molar refractivity (Wildman–Crippen MR) is 81.7 cm³/mol. The second kappa shape index (κ2) is 6.56. The molecule has 108 valence electrons. The number of para-hydroxylation sites is 2. The van der Waals surface area contributed by atoms with Crippen LogP contribution in [-0.2, 0) is 4.79 Å². The zero-order chi connectivity index (χ0) is 15.2. The Hall–Kier alpha value is -2.82. The van der Waals surface area contributed by atoms with E-state index < -0.39 is 0 Å². The second-order valence-electron chi connectivity index (χ2n) is 4.41. The summed E-state index contributed by atoms with van der Waals surface area (Å²) in [6.45, 7) is 1.42. The molecule has 21 heavy (non-hydrogen) atoms. The minimum Gasteiger partial charge on any atom is -0.497 e. The third kappa shape index (κ3) is 3.82. The molecule has 2 rings (SSSR count). The number of amides is 2. The molecule has 2 N–H and O–H groups in total. The number of carbonyl (C=O) groups is 2. The summed E-state index contributed by atoms with van der Waals surface area (Å²) >= 11 is 0. The SMILES string of the molecule is COc1ccc(C(=O)Nc2ccccc2NC(C)=O)cc1.